The van der Waals surface area contributed by atoms with Crippen LogP contribution in [0.3, 0.4) is 0 Å². The first-order chi connectivity index (χ1) is 22.8. The molecule has 0 amide bonds. The van der Waals surface area contributed by atoms with E-state index in [-0.39, 0.29) is 56.1 Å². The quantitative estimate of drug-likeness (QED) is 0.175. The third-order valence-electron chi connectivity index (χ3n) is 8.71. The third-order valence-corrected chi connectivity index (χ3v) is 16.7. The van der Waals surface area contributed by atoms with Crippen molar-refractivity contribution >= 4 is 15.8 Å². The minimum atomic E-state index is -0.0957. The summed E-state index contributed by atoms with van der Waals surface area (Å²) in [6, 6.07) is 3.99. The second-order valence-electron chi connectivity index (χ2n) is 14.6. The van der Waals surface area contributed by atoms with Gasteiger partial charge in [-0.3, -0.25) is 4.90 Å². The zero-order chi connectivity index (χ0) is 37.1. The molecule has 2 aromatic rings. The second kappa shape index (κ2) is 36.0. The molecule has 0 saturated carbocycles. The van der Waals surface area contributed by atoms with Crippen LogP contribution in [-0.4, -0.2) is 80.1 Å². The van der Waals surface area contributed by atoms with Crippen LogP contribution in [0.1, 0.15) is 133 Å². The molecule has 0 spiro atoms. The fourth-order valence-corrected chi connectivity index (χ4v) is 15.4. The van der Waals surface area contributed by atoms with Crippen LogP contribution in [0.15, 0.2) is 50.8 Å². The third kappa shape index (κ3) is 27.6. The molecule has 2 aliphatic heterocycles. The summed E-state index contributed by atoms with van der Waals surface area (Å²) in [5.74, 6) is 0. The number of piperidine rings is 2. The van der Waals surface area contributed by atoms with E-state index in [1.54, 1.807) is 12.4 Å². The van der Waals surface area contributed by atoms with E-state index in [2.05, 4.69) is 140 Å². The van der Waals surface area contributed by atoms with Gasteiger partial charge in [0.2, 0.25) is 0 Å². The Hall–Kier alpha value is -0.0213. The molecule has 2 fully saturated rings. The molecule has 2 aliphatic rings. The SMILES string of the molecule is C=C.C=C.CC(C)[PH+](C(C)C)C(C)C.CC(C)[PH+](C(C)C)C(C)C.[Ir].[Ir].c1cc(CN2CCCCC2)[n-]n1.c1cc(CN2CCCCC2)n[n-]1. The summed E-state index contributed by atoms with van der Waals surface area (Å²) in [6.45, 7) is 47.3. The zero-order valence-electron chi connectivity index (χ0n) is 34.4. The van der Waals surface area contributed by atoms with E-state index in [0.29, 0.717) is 0 Å². The van der Waals surface area contributed by atoms with Crippen molar-refractivity contribution < 1.29 is 40.2 Å². The van der Waals surface area contributed by atoms with Crippen LogP contribution in [0.4, 0.5) is 0 Å². The molecule has 2 saturated heterocycles. The summed E-state index contributed by atoms with van der Waals surface area (Å²) < 4.78 is 0. The Morgan fingerprint density at radius 3 is 1.20 bits per heavy atom. The van der Waals surface area contributed by atoms with Crippen molar-refractivity contribution in [3.8, 4) is 0 Å². The van der Waals surface area contributed by atoms with E-state index >= 15 is 0 Å². The van der Waals surface area contributed by atoms with Crippen LogP contribution in [0, 0.1) is 0 Å². The predicted molar refractivity (Wildman–Crippen MR) is 223 cm³/mol. The Bertz CT molecular complexity index is 814. The summed E-state index contributed by atoms with van der Waals surface area (Å²) in [6.07, 6.45) is 11.7. The Morgan fingerprint density at radius 2 is 0.940 bits per heavy atom. The maximum absolute atomic E-state index is 4.02. The van der Waals surface area contributed by atoms with Crippen molar-refractivity contribution in [2.45, 2.75) is 169 Å². The molecule has 4 heterocycles. The van der Waals surface area contributed by atoms with E-state index in [1.807, 2.05) is 12.1 Å². The van der Waals surface area contributed by atoms with Gasteiger partial charge in [-0.2, -0.15) is 6.20 Å². The molecule has 2 aromatic heterocycles. The maximum atomic E-state index is 4.02. The molecule has 0 bridgehead atoms. The van der Waals surface area contributed by atoms with E-state index in [0.717, 1.165) is 58.4 Å². The molecule has 10 heteroatoms. The number of nitrogens with zero attached hydrogens (tertiary/aromatic N) is 6. The molecule has 0 atom stereocenters. The van der Waals surface area contributed by atoms with Crippen molar-refractivity contribution in [1.82, 2.24) is 30.2 Å². The van der Waals surface area contributed by atoms with E-state index in [9.17, 15) is 0 Å². The maximum Gasteiger partial charge on any atom is 0.0624 e. The van der Waals surface area contributed by atoms with Crippen LogP contribution in [-0.2, 0) is 53.3 Å². The molecule has 298 valence electrons. The van der Waals surface area contributed by atoms with E-state index < -0.39 is 0 Å². The molecule has 6 nitrogen and oxygen atoms in total. The Balaban J connectivity index is -0.000000270. The molecule has 2 radical (unpaired) electrons. The molecule has 0 N–H and O–H groups in total. The summed E-state index contributed by atoms with van der Waals surface area (Å²) in [5, 5.41) is 15.7. The first-order valence-corrected chi connectivity index (χ1v) is 22.3. The fraction of sp³-hybridized carbons (Fsp3) is 0.750. The monoisotopic (exact) mass is 1090 g/mol. The topological polar surface area (TPSA) is 60.5 Å². The predicted octanol–water partition coefficient (Wildman–Crippen LogP) is 10.5. The van der Waals surface area contributed by atoms with E-state index in [4.69, 9.17) is 0 Å². The van der Waals surface area contributed by atoms with Gasteiger partial charge in [0.1, 0.15) is 0 Å². The largest absolute Gasteiger partial charge is 0.581 e. The standard InChI is InChI=1S/2C9H14N3.2C9H21P.2C2H4.2Ir/c2*1-2-6-12(7-3-1)8-9-4-5-10-11-9;2*1-7(2)10(8(3)4)9(5)6;2*1-2;;/h2*4-5H,1-3,6-8H2;2*7-9H,1-6H3;2*1-2H2;;/q2*-1;;;;;;/p+2. The van der Waals surface area contributed by atoms with E-state index in [1.165, 1.54) is 64.7 Å². The number of likely N-dealkylation sites (tertiary alicyclic amines) is 2. The van der Waals surface area contributed by atoms with Crippen LogP contribution in [0.2, 0.25) is 0 Å². The van der Waals surface area contributed by atoms with Crippen molar-refractivity contribution in [3.05, 3.63) is 62.2 Å². The normalized spacial score (nSPS) is 14.6. The average molecular weight is 1090 g/mol. The van der Waals surface area contributed by atoms with Crippen LogP contribution in [0.5, 0.6) is 0 Å². The van der Waals surface area contributed by atoms with Gasteiger partial charge in [0, 0.05) is 81.0 Å². The number of hydrogen-bond donors (Lipinski definition) is 0. The van der Waals surface area contributed by atoms with Gasteiger partial charge in [-0.05, 0) is 135 Å². The molecule has 0 unspecified atom stereocenters. The van der Waals surface area contributed by atoms with Crippen LogP contribution < -0.4 is 10.2 Å². The van der Waals surface area contributed by atoms with Gasteiger partial charge in [-0.25, -0.2) is 0 Å². The van der Waals surface area contributed by atoms with Crippen molar-refractivity contribution in [2.24, 2.45) is 0 Å². The molecule has 0 aliphatic carbocycles. The molecule has 50 heavy (non-hydrogen) atoms. The van der Waals surface area contributed by atoms with Gasteiger partial charge >= 0.3 is 0 Å². The zero-order valence-corrected chi connectivity index (χ0v) is 41.2. The molecule has 0 aromatic carbocycles. The van der Waals surface area contributed by atoms with Crippen LogP contribution >= 0.6 is 15.8 Å². The number of hydrogen-bond acceptors (Lipinski definition) is 4. The van der Waals surface area contributed by atoms with Crippen LogP contribution in [0.25, 0.3) is 0 Å². The Morgan fingerprint density at radius 1 is 0.580 bits per heavy atom. The first-order valence-electron chi connectivity index (χ1n) is 18.9. The smallest absolute Gasteiger partial charge is 0.0624 e. The number of rotatable bonds is 10. The average Bonchev–Trinajstić information content (AvgIpc) is 3.75. The summed E-state index contributed by atoms with van der Waals surface area (Å²) in [4.78, 5) is 4.90. The summed E-state index contributed by atoms with van der Waals surface area (Å²) in [7, 11) is -0.191. The Kier molecular flexibility index (Phi) is 40.8. The number of aromatic nitrogens is 4. The van der Waals surface area contributed by atoms with Gasteiger partial charge in [-0.1, -0.05) is 25.0 Å². The van der Waals surface area contributed by atoms with Gasteiger partial charge < -0.3 is 25.3 Å². The van der Waals surface area contributed by atoms with Gasteiger partial charge in [0.25, 0.3) is 0 Å². The van der Waals surface area contributed by atoms with Crippen molar-refractivity contribution in [1.29, 1.82) is 0 Å². The molecular weight excluding hydrogens is 1010 g/mol. The fourth-order valence-electron chi connectivity index (χ4n) is 7.38. The molecule has 4 rings (SSSR count). The molecular formula is C40H80Ir2N6P2. The minimum absolute atomic E-state index is 0. The van der Waals surface area contributed by atoms with Crippen molar-refractivity contribution in [3.63, 3.8) is 0 Å². The van der Waals surface area contributed by atoms with Gasteiger partial charge in [0.15, 0.2) is 0 Å². The van der Waals surface area contributed by atoms with Crippen molar-refractivity contribution in [2.75, 3.05) is 26.2 Å². The summed E-state index contributed by atoms with van der Waals surface area (Å²) in [5.41, 5.74) is 7.83. The first kappa shape index (κ1) is 56.7. The van der Waals surface area contributed by atoms with Gasteiger partial charge in [0.05, 0.1) is 34.0 Å². The summed E-state index contributed by atoms with van der Waals surface area (Å²) >= 11 is 0. The second-order valence-corrected chi connectivity index (χ2v) is 23.6. The Labute approximate surface area is 341 Å². The minimum Gasteiger partial charge on any atom is -0.581 e. The van der Waals surface area contributed by atoms with Gasteiger partial charge in [-0.15, -0.1) is 32.0 Å².